The minimum absolute atomic E-state index is 0.0300. The molecule has 166 valence electrons. The highest BCUT2D eigenvalue weighted by atomic mass is 16.6. The number of carbonyl (C=O) groups excluding carboxylic acids is 2. The fraction of sp³-hybridized carbons (Fsp3) is 0.261. The molecule has 1 aliphatic rings. The summed E-state index contributed by atoms with van der Waals surface area (Å²) in [6.45, 7) is 5.65. The summed E-state index contributed by atoms with van der Waals surface area (Å²) < 4.78 is 16.2. The minimum atomic E-state index is -0.646. The number of nitro benzene ring substituents is 1. The van der Waals surface area contributed by atoms with E-state index in [4.69, 9.17) is 14.2 Å². The molecule has 0 atom stereocenters. The molecule has 9 nitrogen and oxygen atoms in total. The zero-order valence-electron chi connectivity index (χ0n) is 17.9. The first-order valence-corrected chi connectivity index (χ1v) is 10.1. The van der Waals surface area contributed by atoms with Crippen LogP contribution >= 0.6 is 0 Å². The maximum atomic E-state index is 12.3. The van der Waals surface area contributed by atoms with Crippen molar-refractivity contribution in [3.05, 3.63) is 68.9 Å². The predicted molar refractivity (Wildman–Crippen MR) is 117 cm³/mol. The summed E-state index contributed by atoms with van der Waals surface area (Å²) in [5.74, 6) is -0.270. The molecule has 0 saturated heterocycles. The number of carbonyl (C=O) groups is 2. The number of benzene rings is 2. The molecule has 0 N–H and O–H groups in total. The molecule has 1 aliphatic heterocycles. The number of aryl methyl sites for hydroxylation is 1. The topological polar surface area (TPSA) is 117 Å². The zero-order chi connectivity index (χ0) is 23.3. The number of aliphatic imine (C=N–C) groups is 1. The van der Waals surface area contributed by atoms with Crippen molar-refractivity contribution in [2.45, 2.75) is 33.6 Å². The second-order valence-corrected chi connectivity index (χ2v) is 6.96. The third-order valence-corrected chi connectivity index (χ3v) is 4.51. The van der Waals surface area contributed by atoms with Crippen LogP contribution in [0.2, 0.25) is 0 Å². The normalized spacial score (nSPS) is 14.2. The van der Waals surface area contributed by atoms with Crippen LogP contribution in [0.25, 0.3) is 6.08 Å². The number of cyclic esters (lactones) is 1. The Labute approximate surface area is 184 Å². The third kappa shape index (κ3) is 5.18. The minimum Gasteiger partial charge on any atom is -0.490 e. The Morgan fingerprint density at radius 3 is 2.62 bits per heavy atom. The second-order valence-electron chi connectivity index (χ2n) is 6.96. The van der Waals surface area contributed by atoms with Gasteiger partial charge in [-0.1, -0.05) is 13.0 Å². The Morgan fingerprint density at radius 1 is 1.19 bits per heavy atom. The first kappa shape index (κ1) is 22.7. The number of hydrogen-bond acceptors (Lipinski definition) is 8. The molecule has 0 bridgehead atoms. The van der Waals surface area contributed by atoms with Crippen LogP contribution < -0.4 is 9.47 Å². The van der Waals surface area contributed by atoms with E-state index >= 15 is 0 Å². The van der Waals surface area contributed by atoms with Gasteiger partial charge in [0.25, 0.3) is 5.69 Å². The van der Waals surface area contributed by atoms with E-state index in [1.807, 2.05) is 6.92 Å². The van der Waals surface area contributed by atoms with Crippen molar-refractivity contribution >= 4 is 29.6 Å². The van der Waals surface area contributed by atoms with Crippen LogP contribution in [0.3, 0.4) is 0 Å². The summed E-state index contributed by atoms with van der Waals surface area (Å²) in [7, 11) is 0. The first-order valence-electron chi connectivity index (χ1n) is 10.1. The number of ether oxygens (including phenoxy) is 3. The van der Waals surface area contributed by atoms with Crippen molar-refractivity contribution < 1.29 is 28.7 Å². The van der Waals surface area contributed by atoms with Gasteiger partial charge in [-0.25, -0.2) is 9.79 Å². The van der Waals surface area contributed by atoms with Crippen molar-refractivity contribution in [1.82, 2.24) is 0 Å². The van der Waals surface area contributed by atoms with Crippen LogP contribution in [0.4, 0.5) is 5.69 Å². The van der Waals surface area contributed by atoms with E-state index < -0.39 is 10.9 Å². The van der Waals surface area contributed by atoms with E-state index in [-0.39, 0.29) is 23.3 Å². The number of hydrogen-bond donors (Lipinski definition) is 0. The molecule has 2 aromatic rings. The third-order valence-electron chi connectivity index (χ3n) is 4.51. The van der Waals surface area contributed by atoms with Gasteiger partial charge in [0.05, 0.1) is 11.5 Å². The van der Waals surface area contributed by atoms with Crippen molar-refractivity contribution in [1.29, 1.82) is 0 Å². The molecule has 0 aliphatic carbocycles. The van der Waals surface area contributed by atoms with Gasteiger partial charge < -0.3 is 14.2 Å². The van der Waals surface area contributed by atoms with Crippen molar-refractivity contribution in [2.75, 3.05) is 6.61 Å². The van der Waals surface area contributed by atoms with Crippen molar-refractivity contribution in [3.8, 4) is 11.5 Å². The number of nitrogens with zero attached hydrogens (tertiary/aromatic N) is 2. The highest BCUT2D eigenvalue weighted by Crippen LogP contribution is 2.31. The Kier molecular flexibility index (Phi) is 6.99. The predicted octanol–water partition coefficient (Wildman–Crippen LogP) is 4.35. The molecule has 3 rings (SSSR count). The van der Waals surface area contributed by atoms with Gasteiger partial charge in [-0.15, -0.1) is 0 Å². The number of nitro groups is 1. The van der Waals surface area contributed by atoms with Crippen molar-refractivity contribution in [2.24, 2.45) is 4.99 Å². The van der Waals surface area contributed by atoms with Gasteiger partial charge in [0.15, 0.2) is 17.2 Å². The van der Waals surface area contributed by atoms with Crippen LogP contribution in [0, 0.1) is 17.0 Å². The fourth-order valence-electron chi connectivity index (χ4n) is 3.03. The molecule has 32 heavy (non-hydrogen) atoms. The lowest BCUT2D eigenvalue weighted by molar-refractivity contribution is -0.385. The summed E-state index contributed by atoms with van der Waals surface area (Å²) in [6, 6.07) is 9.26. The Balaban J connectivity index is 1.88. The molecule has 0 unspecified atom stereocenters. The molecule has 0 saturated carbocycles. The molecular formula is C23H22N2O7. The van der Waals surface area contributed by atoms with Crippen LogP contribution in [0.1, 0.15) is 43.4 Å². The van der Waals surface area contributed by atoms with E-state index in [0.717, 1.165) is 0 Å². The van der Waals surface area contributed by atoms with E-state index in [1.165, 1.54) is 18.2 Å². The van der Waals surface area contributed by atoms with E-state index in [2.05, 4.69) is 4.99 Å². The maximum absolute atomic E-state index is 12.3. The molecular weight excluding hydrogens is 416 g/mol. The summed E-state index contributed by atoms with van der Waals surface area (Å²) in [5, 5.41) is 11.0. The van der Waals surface area contributed by atoms with E-state index in [0.29, 0.717) is 47.6 Å². The van der Waals surface area contributed by atoms with Gasteiger partial charge >= 0.3 is 11.9 Å². The largest absolute Gasteiger partial charge is 0.490 e. The van der Waals surface area contributed by atoms with Crippen molar-refractivity contribution in [3.63, 3.8) is 0 Å². The van der Waals surface area contributed by atoms with Crippen LogP contribution in [0.5, 0.6) is 11.5 Å². The summed E-state index contributed by atoms with van der Waals surface area (Å²) in [6.07, 6.45) is 2.49. The lowest BCUT2D eigenvalue weighted by Gasteiger charge is -2.11. The van der Waals surface area contributed by atoms with Gasteiger partial charge in [0, 0.05) is 23.6 Å². The van der Waals surface area contributed by atoms with Gasteiger partial charge in [-0.05, 0) is 56.2 Å². The van der Waals surface area contributed by atoms with E-state index in [9.17, 15) is 19.7 Å². The smallest absolute Gasteiger partial charge is 0.363 e. The van der Waals surface area contributed by atoms with Gasteiger partial charge in [-0.2, -0.15) is 0 Å². The van der Waals surface area contributed by atoms with Gasteiger partial charge in [0.2, 0.25) is 5.90 Å². The average Bonchev–Trinajstić information content (AvgIpc) is 3.10. The monoisotopic (exact) mass is 438 g/mol. The molecule has 2 aromatic carbocycles. The van der Waals surface area contributed by atoms with Gasteiger partial charge in [-0.3, -0.25) is 14.9 Å². The average molecular weight is 438 g/mol. The molecule has 0 spiro atoms. The lowest BCUT2D eigenvalue weighted by Crippen LogP contribution is -2.08. The maximum Gasteiger partial charge on any atom is 0.363 e. The highest BCUT2D eigenvalue weighted by Gasteiger charge is 2.25. The second kappa shape index (κ2) is 9.86. The molecule has 0 amide bonds. The zero-order valence-corrected chi connectivity index (χ0v) is 17.9. The Morgan fingerprint density at radius 2 is 1.97 bits per heavy atom. The standard InChI is InChI=1S/C23H22N2O7/c1-4-6-21(26)31-19-10-7-15(13-20(19)30-5-2)12-17-23(27)32-22(24-17)16-8-9-18(25(28)29)14(3)11-16/h7-13H,4-6H2,1-3H3/b17-12-. The molecule has 9 heteroatoms. The van der Waals surface area contributed by atoms with Gasteiger partial charge in [0.1, 0.15) is 0 Å². The molecule has 0 aromatic heterocycles. The first-order chi connectivity index (χ1) is 15.3. The van der Waals surface area contributed by atoms with E-state index in [1.54, 1.807) is 38.1 Å². The SMILES string of the molecule is CCCC(=O)Oc1ccc(/C=C2\N=C(c3ccc([N+](=O)[O-])c(C)c3)OC2=O)cc1OCC. The van der Waals surface area contributed by atoms with Crippen LogP contribution in [-0.4, -0.2) is 29.4 Å². The highest BCUT2D eigenvalue weighted by molar-refractivity contribution is 6.13. The number of rotatable bonds is 8. The Bertz CT molecular complexity index is 1140. The summed E-state index contributed by atoms with van der Waals surface area (Å²) >= 11 is 0. The molecule has 0 radical (unpaired) electrons. The summed E-state index contributed by atoms with van der Waals surface area (Å²) in [4.78, 5) is 38.9. The van der Waals surface area contributed by atoms with Crippen LogP contribution in [-0.2, 0) is 14.3 Å². The Hall–Kier alpha value is -4.01. The molecule has 0 fully saturated rings. The summed E-state index contributed by atoms with van der Waals surface area (Å²) in [5.41, 5.74) is 1.52. The quantitative estimate of drug-likeness (QED) is 0.198. The lowest BCUT2D eigenvalue weighted by atomic mass is 10.1. The fourth-order valence-corrected chi connectivity index (χ4v) is 3.03. The number of esters is 2. The molecule has 1 heterocycles. The van der Waals surface area contributed by atoms with Crippen LogP contribution in [0.15, 0.2) is 47.1 Å².